The highest BCUT2D eigenvalue weighted by molar-refractivity contribution is 6.01. The SMILES string of the molecule is COc1ccc(N2CC(C(=O)NC(C)CCC(C)C)CC2=O)c(OC)c1. The minimum atomic E-state index is -0.337. The molecule has 1 saturated heterocycles. The van der Waals surface area contributed by atoms with Crippen molar-refractivity contribution in [2.45, 2.75) is 46.1 Å². The molecule has 0 spiro atoms. The number of anilines is 1. The average molecular weight is 362 g/mol. The molecule has 0 radical (unpaired) electrons. The standard InChI is InChI=1S/C20H30N2O4/c1-13(2)6-7-14(3)21-20(24)15-10-19(23)22(12-15)17-9-8-16(25-4)11-18(17)26-5/h8-9,11,13-15H,6-7,10,12H2,1-5H3,(H,21,24). The molecular formula is C20H30N2O4. The predicted octanol–water partition coefficient (Wildman–Crippen LogP) is 3.00. The zero-order valence-corrected chi connectivity index (χ0v) is 16.4. The second-order valence-electron chi connectivity index (χ2n) is 7.32. The van der Waals surface area contributed by atoms with Gasteiger partial charge in [-0.3, -0.25) is 9.59 Å². The first-order valence-electron chi connectivity index (χ1n) is 9.18. The van der Waals surface area contributed by atoms with E-state index in [9.17, 15) is 9.59 Å². The smallest absolute Gasteiger partial charge is 0.227 e. The van der Waals surface area contributed by atoms with Crippen molar-refractivity contribution in [3.05, 3.63) is 18.2 Å². The summed E-state index contributed by atoms with van der Waals surface area (Å²) in [6.07, 6.45) is 2.23. The molecule has 0 aliphatic carbocycles. The fourth-order valence-electron chi connectivity index (χ4n) is 3.14. The monoisotopic (exact) mass is 362 g/mol. The highest BCUT2D eigenvalue weighted by Gasteiger charge is 2.36. The number of rotatable bonds is 8. The summed E-state index contributed by atoms with van der Waals surface area (Å²) in [5.74, 6) is 1.37. The molecule has 1 aliphatic heterocycles. The molecule has 1 heterocycles. The van der Waals surface area contributed by atoms with Crippen LogP contribution in [0, 0.1) is 11.8 Å². The summed E-state index contributed by atoms with van der Waals surface area (Å²) in [4.78, 5) is 26.6. The summed E-state index contributed by atoms with van der Waals surface area (Å²) in [6, 6.07) is 5.43. The average Bonchev–Trinajstić information content (AvgIpc) is 3.01. The molecule has 1 aromatic rings. The number of hydrogen-bond donors (Lipinski definition) is 1. The largest absolute Gasteiger partial charge is 0.497 e. The summed E-state index contributed by atoms with van der Waals surface area (Å²) >= 11 is 0. The van der Waals surface area contributed by atoms with Crippen LogP contribution in [0.3, 0.4) is 0 Å². The Morgan fingerprint density at radius 1 is 1.23 bits per heavy atom. The topological polar surface area (TPSA) is 67.9 Å². The van der Waals surface area contributed by atoms with Crippen molar-refractivity contribution in [1.29, 1.82) is 0 Å². The van der Waals surface area contributed by atoms with Gasteiger partial charge in [0.05, 0.1) is 25.8 Å². The Hall–Kier alpha value is -2.24. The summed E-state index contributed by atoms with van der Waals surface area (Å²) in [5, 5.41) is 3.05. The van der Waals surface area contributed by atoms with Gasteiger partial charge in [-0.1, -0.05) is 13.8 Å². The van der Waals surface area contributed by atoms with Crippen LogP contribution in [0.4, 0.5) is 5.69 Å². The van der Waals surface area contributed by atoms with Crippen molar-refractivity contribution >= 4 is 17.5 Å². The Bertz CT molecular complexity index is 645. The number of amides is 2. The van der Waals surface area contributed by atoms with Gasteiger partial charge in [0.15, 0.2) is 0 Å². The highest BCUT2D eigenvalue weighted by atomic mass is 16.5. The summed E-state index contributed by atoms with van der Waals surface area (Å²) in [5.41, 5.74) is 0.668. The first-order valence-corrected chi connectivity index (χ1v) is 9.18. The van der Waals surface area contributed by atoms with E-state index in [1.807, 2.05) is 6.92 Å². The molecule has 2 rings (SSSR count). The van der Waals surface area contributed by atoms with Crippen LogP contribution >= 0.6 is 0 Å². The normalized spacial score (nSPS) is 18.2. The van der Waals surface area contributed by atoms with Crippen molar-refractivity contribution in [3.8, 4) is 11.5 Å². The van der Waals surface area contributed by atoms with Gasteiger partial charge < -0.3 is 19.7 Å². The fourth-order valence-corrected chi connectivity index (χ4v) is 3.14. The van der Waals surface area contributed by atoms with Crippen molar-refractivity contribution < 1.29 is 19.1 Å². The van der Waals surface area contributed by atoms with Crippen LogP contribution in [-0.4, -0.2) is 38.6 Å². The Balaban J connectivity index is 2.03. The molecule has 0 bridgehead atoms. The third-order valence-corrected chi connectivity index (χ3v) is 4.74. The second-order valence-corrected chi connectivity index (χ2v) is 7.32. The zero-order valence-electron chi connectivity index (χ0n) is 16.4. The molecule has 1 aromatic carbocycles. The summed E-state index contributed by atoms with van der Waals surface area (Å²) < 4.78 is 10.6. The molecule has 2 unspecified atom stereocenters. The van der Waals surface area contributed by atoms with E-state index in [1.165, 1.54) is 0 Å². The minimum Gasteiger partial charge on any atom is -0.497 e. The van der Waals surface area contributed by atoms with Gasteiger partial charge in [0.1, 0.15) is 11.5 Å². The molecule has 1 N–H and O–H groups in total. The molecule has 26 heavy (non-hydrogen) atoms. The van der Waals surface area contributed by atoms with Crippen LogP contribution in [0.5, 0.6) is 11.5 Å². The molecule has 2 amide bonds. The number of ether oxygens (including phenoxy) is 2. The third-order valence-electron chi connectivity index (χ3n) is 4.74. The number of benzene rings is 1. The Morgan fingerprint density at radius 3 is 2.58 bits per heavy atom. The number of carbonyl (C=O) groups is 2. The molecule has 1 aliphatic rings. The van der Waals surface area contributed by atoms with Crippen molar-refractivity contribution in [2.24, 2.45) is 11.8 Å². The van der Waals surface area contributed by atoms with E-state index in [2.05, 4.69) is 19.2 Å². The van der Waals surface area contributed by atoms with Gasteiger partial charge in [0.25, 0.3) is 0 Å². The minimum absolute atomic E-state index is 0.0513. The van der Waals surface area contributed by atoms with Gasteiger partial charge in [0, 0.05) is 25.1 Å². The summed E-state index contributed by atoms with van der Waals surface area (Å²) in [6.45, 7) is 6.72. The van der Waals surface area contributed by atoms with E-state index in [4.69, 9.17) is 9.47 Å². The highest BCUT2D eigenvalue weighted by Crippen LogP contribution is 2.35. The Kier molecular flexibility index (Phi) is 6.89. The van der Waals surface area contributed by atoms with E-state index in [1.54, 1.807) is 37.3 Å². The number of methoxy groups -OCH3 is 2. The van der Waals surface area contributed by atoms with Gasteiger partial charge in [-0.05, 0) is 37.8 Å². The van der Waals surface area contributed by atoms with Crippen molar-refractivity contribution in [2.75, 3.05) is 25.7 Å². The molecule has 1 fully saturated rings. The number of hydrogen-bond acceptors (Lipinski definition) is 4. The lowest BCUT2D eigenvalue weighted by molar-refractivity contribution is -0.126. The number of nitrogens with zero attached hydrogens (tertiary/aromatic N) is 1. The maximum Gasteiger partial charge on any atom is 0.227 e. The Labute approximate surface area is 155 Å². The molecule has 6 heteroatoms. The van der Waals surface area contributed by atoms with Gasteiger partial charge in [-0.2, -0.15) is 0 Å². The number of carbonyl (C=O) groups excluding carboxylic acids is 2. The molecule has 0 saturated carbocycles. The second kappa shape index (κ2) is 8.92. The predicted molar refractivity (Wildman–Crippen MR) is 102 cm³/mol. The number of nitrogens with one attached hydrogen (secondary N) is 1. The van der Waals surface area contributed by atoms with Crippen LogP contribution in [0.15, 0.2) is 18.2 Å². The van der Waals surface area contributed by atoms with Crippen LogP contribution in [-0.2, 0) is 9.59 Å². The van der Waals surface area contributed by atoms with E-state index < -0.39 is 0 Å². The molecule has 6 nitrogen and oxygen atoms in total. The molecule has 2 atom stereocenters. The Morgan fingerprint density at radius 2 is 1.96 bits per heavy atom. The van der Waals surface area contributed by atoms with Crippen LogP contribution in [0.25, 0.3) is 0 Å². The lowest BCUT2D eigenvalue weighted by Crippen LogP contribution is -2.38. The van der Waals surface area contributed by atoms with Crippen LogP contribution < -0.4 is 19.7 Å². The zero-order chi connectivity index (χ0) is 19.3. The van der Waals surface area contributed by atoms with Crippen molar-refractivity contribution in [3.63, 3.8) is 0 Å². The van der Waals surface area contributed by atoms with Gasteiger partial charge in [-0.15, -0.1) is 0 Å². The maximum absolute atomic E-state index is 12.5. The van der Waals surface area contributed by atoms with Gasteiger partial charge in [-0.25, -0.2) is 0 Å². The first kappa shape index (κ1) is 20.1. The summed E-state index contributed by atoms with van der Waals surface area (Å²) in [7, 11) is 3.13. The molecule has 0 aromatic heterocycles. The van der Waals surface area contributed by atoms with E-state index in [-0.39, 0.29) is 30.2 Å². The molecular weight excluding hydrogens is 332 g/mol. The first-order chi connectivity index (χ1) is 12.3. The maximum atomic E-state index is 12.5. The van der Waals surface area contributed by atoms with Gasteiger partial charge in [0.2, 0.25) is 11.8 Å². The van der Waals surface area contributed by atoms with E-state index in [0.29, 0.717) is 29.6 Å². The fraction of sp³-hybridized carbons (Fsp3) is 0.600. The quantitative estimate of drug-likeness (QED) is 0.772. The molecule has 144 valence electrons. The van der Waals surface area contributed by atoms with E-state index >= 15 is 0 Å². The lowest BCUT2D eigenvalue weighted by Gasteiger charge is -2.21. The van der Waals surface area contributed by atoms with E-state index in [0.717, 1.165) is 12.8 Å². The van der Waals surface area contributed by atoms with Crippen LogP contribution in [0.1, 0.15) is 40.0 Å². The van der Waals surface area contributed by atoms with Crippen molar-refractivity contribution in [1.82, 2.24) is 5.32 Å². The lowest BCUT2D eigenvalue weighted by atomic mass is 10.0. The third kappa shape index (κ3) is 4.90. The van der Waals surface area contributed by atoms with Crippen LogP contribution in [0.2, 0.25) is 0 Å². The van der Waals surface area contributed by atoms with Gasteiger partial charge >= 0.3 is 0 Å².